The zero-order chi connectivity index (χ0) is 14.4. The number of nitrogens with one attached hydrogen (secondary N) is 1. The SMILES string of the molecule is O=[N+]([O-])c1ccc(CNCCOC2CCCC2)cc1F. The second-order valence-corrected chi connectivity index (χ2v) is 5.00. The maximum Gasteiger partial charge on any atom is 0.304 e. The van der Waals surface area contributed by atoms with Crippen molar-refractivity contribution in [2.75, 3.05) is 13.2 Å². The van der Waals surface area contributed by atoms with E-state index in [1.165, 1.54) is 25.0 Å². The predicted molar refractivity (Wildman–Crippen MR) is 73.0 cm³/mol. The summed E-state index contributed by atoms with van der Waals surface area (Å²) in [6, 6.07) is 3.95. The molecule has 1 aliphatic rings. The monoisotopic (exact) mass is 282 g/mol. The van der Waals surface area contributed by atoms with Gasteiger partial charge in [-0.3, -0.25) is 10.1 Å². The highest BCUT2D eigenvalue weighted by molar-refractivity contribution is 5.34. The van der Waals surface area contributed by atoms with Gasteiger partial charge in [0.1, 0.15) is 0 Å². The van der Waals surface area contributed by atoms with Crippen molar-refractivity contribution in [1.82, 2.24) is 5.32 Å². The molecule has 6 heteroatoms. The maximum absolute atomic E-state index is 13.4. The lowest BCUT2D eigenvalue weighted by Gasteiger charge is -2.11. The van der Waals surface area contributed by atoms with Crippen LogP contribution >= 0.6 is 0 Å². The van der Waals surface area contributed by atoms with Crippen LogP contribution in [0.5, 0.6) is 0 Å². The van der Waals surface area contributed by atoms with Crippen molar-refractivity contribution >= 4 is 5.69 Å². The molecule has 0 spiro atoms. The summed E-state index contributed by atoms with van der Waals surface area (Å²) < 4.78 is 19.1. The van der Waals surface area contributed by atoms with Crippen LogP contribution in [0.15, 0.2) is 18.2 Å². The lowest BCUT2D eigenvalue weighted by atomic mass is 10.2. The number of benzene rings is 1. The largest absolute Gasteiger partial charge is 0.377 e. The number of nitro groups is 1. The summed E-state index contributed by atoms with van der Waals surface area (Å²) in [6.45, 7) is 1.80. The van der Waals surface area contributed by atoms with Crippen LogP contribution in [0.2, 0.25) is 0 Å². The van der Waals surface area contributed by atoms with Gasteiger partial charge in [-0.15, -0.1) is 0 Å². The van der Waals surface area contributed by atoms with Gasteiger partial charge in [-0.05, 0) is 24.5 Å². The molecule has 0 atom stereocenters. The van der Waals surface area contributed by atoms with Gasteiger partial charge < -0.3 is 10.1 Å². The molecule has 0 aliphatic heterocycles. The van der Waals surface area contributed by atoms with Crippen molar-refractivity contribution in [2.24, 2.45) is 0 Å². The van der Waals surface area contributed by atoms with Gasteiger partial charge in [-0.1, -0.05) is 18.9 Å². The summed E-state index contributed by atoms with van der Waals surface area (Å²) in [5.41, 5.74) is 0.201. The molecule has 1 aromatic carbocycles. The number of nitrogens with zero attached hydrogens (tertiary/aromatic N) is 1. The standard InChI is InChI=1S/C14H19FN2O3/c15-13-9-11(5-6-14(13)17(18)19)10-16-7-8-20-12-3-1-2-4-12/h5-6,9,12,16H,1-4,7-8,10H2. The quantitative estimate of drug-likeness (QED) is 0.474. The molecule has 20 heavy (non-hydrogen) atoms. The molecule has 0 amide bonds. The molecule has 1 N–H and O–H groups in total. The zero-order valence-corrected chi connectivity index (χ0v) is 11.3. The molecular formula is C14H19FN2O3. The van der Waals surface area contributed by atoms with E-state index in [2.05, 4.69) is 5.32 Å². The van der Waals surface area contributed by atoms with Crippen molar-refractivity contribution in [2.45, 2.75) is 38.3 Å². The van der Waals surface area contributed by atoms with E-state index < -0.39 is 16.4 Å². The van der Waals surface area contributed by atoms with E-state index in [-0.39, 0.29) is 0 Å². The number of hydrogen-bond acceptors (Lipinski definition) is 4. The maximum atomic E-state index is 13.4. The lowest BCUT2D eigenvalue weighted by Crippen LogP contribution is -2.22. The lowest BCUT2D eigenvalue weighted by molar-refractivity contribution is -0.387. The van der Waals surface area contributed by atoms with Gasteiger partial charge in [0.25, 0.3) is 0 Å². The Morgan fingerprint density at radius 2 is 2.15 bits per heavy atom. The van der Waals surface area contributed by atoms with Crippen LogP contribution in [0.4, 0.5) is 10.1 Å². The Hall–Kier alpha value is -1.53. The molecule has 0 radical (unpaired) electrons. The van der Waals surface area contributed by atoms with E-state index in [4.69, 9.17) is 4.74 Å². The first-order valence-electron chi connectivity index (χ1n) is 6.92. The highest BCUT2D eigenvalue weighted by Crippen LogP contribution is 2.20. The Morgan fingerprint density at radius 1 is 1.40 bits per heavy atom. The highest BCUT2D eigenvalue weighted by Gasteiger charge is 2.15. The number of nitro benzene ring substituents is 1. The third-order valence-electron chi connectivity index (χ3n) is 3.47. The Morgan fingerprint density at radius 3 is 2.80 bits per heavy atom. The molecule has 1 aromatic rings. The summed E-state index contributed by atoms with van der Waals surface area (Å²) in [7, 11) is 0. The van der Waals surface area contributed by atoms with Crippen LogP contribution in [0.1, 0.15) is 31.2 Å². The van der Waals surface area contributed by atoms with Crippen LogP contribution in [-0.4, -0.2) is 24.2 Å². The van der Waals surface area contributed by atoms with Crippen LogP contribution in [0, 0.1) is 15.9 Å². The number of hydrogen-bond donors (Lipinski definition) is 1. The molecule has 0 heterocycles. The molecule has 2 rings (SSSR count). The summed E-state index contributed by atoms with van der Waals surface area (Å²) >= 11 is 0. The van der Waals surface area contributed by atoms with Crippen LogP contribution < -0.4 is 5.32 Å². The Kier molecular flexibility index (Phi) is 5.43. The average Bonchev–Trinajstić information content (AvgIpc) is 2.91. The normalized spacial score (nSPS) is 15.7. The summed E-state index contributed by atoms with van der Waals surface area (Å²) in [5.74, 6) is -0.795. The molecule has 0 bridgehead atoms. The minimum absolute atomic E-state index is 0.397. The Bertz CT molecular complexity index is 462. The Labute approximate surface area is 117 Å². The summed E-state index contributed by atoms with van der Waals surface area (Å²) in [6.07, 6.45) is 5.19. The summed E-state index contributed by atoms with van der Waals surface area (Å²) in [5, 5.41) is 13.6. The predicted octanol–water partition coefficient (Wildman–Crippen LogP) is 2.78. The fourth-order valence-corrected chi connectivity index (χ4v) is 2.39. The molecule has 110 valence electrons. The van der Waals surface area contributed by atoms with Crippen molar-refractivity contribution < 1.29 is 14.1 Å². The van der Waals surface area contributed by atoms with Gasteiger partial charge in [0.05, 0.1) is 17.6 Å². The molecule has 5 nitrogen and oxygen atoms in total. The first-order valence-corrected chi connectivity index (χ1v) is 6.92. The van der Waals surface area contributed by atoms with Crippen LogP contribution in [-0.2, 0) is 11.3 Å². The van der Waals surface area contributed by atoms with Crippen molar-refractivity contribution in [3.63, 3.8) is 0 Å². The van der Waals surface area contributed by atoms with Crippen molar-refractivity contribution in [1.29, 1.82) is 0 Å². The van der Waals surface area contributed by atoms with E-state index in [1.54, 1.807) is 6.07 Å². The molecule has 0 unspecified atom stereocenters. The van der Waals surface area contributed by atoms with Gasteiger partial charge in [-0.2, -0.15) is 4.39 Å². The third-order valence-corrected chi connectivity index (χ3v) is 3.47. The smallest absolute Gasteiger partial charge is 0.304 e. The molecule has 1 aliphatic carbocycles. The van der Waals surface area contributed by atoms with E-state index in [0.29, 0.717) is 31.4 Å². The van der Waals surface area contributed by atoms with E-state index >= 15 is 0 Å². The molecule has 0 saturated heterocycles. The fourth-order valence-electron chi connectivity index (χ4n) is 2.39. The molecule has 0 aromatic heterocycles. The van der Waals surface area contributed by atoms with Crippen molar-refractivity contribution in [3.05, 3.63) is 39.7 Å². The first-order chi connectivity index (χ1) is 9.66. The minimum Gasteiger partial charge on any atom is -0.377 e. The number of ether oxygens (including phenoxy) is 1. The number of halogens is 1. The first kappa shape index (κ1) is 14.9. The van der Waals surface area contributed by atoms with Crippen molar-refractivity contribution in [3.8, 4) is 0 Å². The fraction of sp³-hybridized carbons (Fsp3) is 0.571. The molecule has 1 saturated carbocycles. The summed E-state index contributed by atoms with van der Waals surface area (Å²) in [4.78, 5) is 9.77. The van der Waals surface area contributed by atoms with Crippen LogP contribution in [0.3, 0.4) is 0 Å². The second kappa shape index (κ2) is 7.31. The second-order valence-electron chi connectivity index (χ2n) is 5.00. The highest BCUT2D eigenvalue weighted by atomic mass is 19.1. The zero-order valence-electron chi connectivity index (χ0n) is 11.3. The minimum atomic E-state index is -0.795. The molecule has 1 fully saturated rings. The number of rotatable bonds is 7. The van der Waals surface area contributed by atoms with E-state index in [9.17, 15) is 14.5 Å². The van der Waals surface area contributed by atoms with E-state index in [1.807, 2.05) is 0 Å². The Balaban J connectivity index is 1.68. The third kappa shape index (κ3) is 4.25. The van der Waals surface area contributed by atoms with Gasteiger partial charge >= 0.3 is 5.69 Å². The van der Waals surface area contributed by atoms with Gasteiger partial charge in [-0.25, -0.2) is 0 Å². The van der Waals surface area contributed by atoms with Crippen LogP contribution in [0.25, 0.3) is 0 Å². The van der Waals surface area contributed by atoms with Gasteiger partial charge in [0, 0.05) is 19.2 Å². The average molecular weight is 282 g/mol. The molecular weight excluding hydrogens is 263 g/mol. The van der Waals surface area contributed by atoms with Gasteiger partial charge in [0.15, 0.2) is 0 Å². The van der Waals surface area contributed by atoms with Gasteiger partial charge in [0.2, 0.25) is 5.82 Å². The topological polar surface area (TPSA) is 64.4 Å². The van der Waals surface area contributed by atoms with E-state index in [0.717, 1.165) is 12.8 Å².